The lowest BCUT2D eigenvalue weighted by Crippen LogP contribution is -2.11. The maximum Gasteiger partial charge on any atom is 0.165 e. The Balaban J connectivity index is 3.36. The van der Waals surface area contributed by atoms with Crippen molar-refractivity contribution in [3.05, 3.63) is 35.4 Å². The summed E-state index contributed by atoms with van der Waals surface area (Å²) in [5.74, 6) is 1.44. The predicted molar refractivity (Wildman–Crippen MR) is 77.9 cm³/mol. The summed E-state index contributed by atoms with van der Waals surface area (Å²) in [4.78, 5) is 0. The van der Waals surface area contributed by atoms with Gasteiger partial charge in [0.25, 0.3) is 0 Å². The molecule has 1 aromatic rings. The second-order valence-electron chi connectivity index (χ2n) is 4.78. The molecule has 0 bridgehead atoms. The molecular formula is C16H24O3. The van der Waals surface area contributed by atoms with Gasteiger partial charge in [-0.25, -0.2) is 0 Å². The van der Waals surface area contributed by atoms with E-state index in [0.717, 1.165) is 23.3 Å². The third-order valence-corrected chi connectivity index (χ3v) is 2.84. The molecule has 0 heterocycles. The van der Waals surface area contributed by atoms with Gasteiger partial charge in [-0.05, 0) is 45.7 Å². The first-order valence-electron chi connectivity index (χ1n) is 6.66. The van der Waals surface area contributed by atoms with E-state index in [1.165, 1.54) is 0 Å². The van der Waals surface area contributed by atoms with Gasteiger partial charge >= 0.3 is 0 Å². The van der Waals surface area contributed by atoms with Crippen molar-refractivity contribution in [2.24, 2.45) is 0 Å². The zero-order chi connectivity index (χ0) is 14.4. The Kier molecular flexibility index (Phi) is 5.90. The monoisotopic (exact) mass is 264 g/mol. The summed E-state index contributed by atoms with van der Waals surface area (Å²) in [6.07, 6.45) is 4.29. The number of hydrogen-bond acceptors (Lipinski definition) is 3. The Bertz CT molecular complexity index is 434. The fourth-order valence-electron chi connectivity index (χ4n) is 1.98. The first-order chi connectivity index (χ1) is 9.01. The summed E-state index contributed by atoms with van der Waals surface area (Å²) < 4.78 is 11.3. The van der Waals surface area contributed by atoms with Gasteiger partial charge in [0.2, 0.25) is 0 Å². The topological polar surface area (TPSA) is 38.7 Å². The maximum absolute atomic E-state index is 9.91. The fourth-order valence-corrected chi connectivity index (χ4v) is 1.98. The number of allylic oxidation sites excluding steroid dienone is 2. The van der Waals surface area contributed by atoms with Gasteiger partial charge in [0.15, 0.2) is 11.5 Å². The summed E-state index contributed by atoms with van der Waals surface area (Å²) in [7, 11) is 1.63. The molecule has 0 aliphatic carbocycles. The van der Waals surface area contributed by atoms with Crippen molar-refractivity contribution in [1.29, 1.82) is 0 Å². The normalized spacial score (nSPS) is 13.0. The smallest absolute Gasteiger partial charge is 0.165 e. The Labute approximate surface area is 115 Å². The van der Waals surface area contributed by atoms with Crippen LogP contribution in [0, 0.1) is 0 Å². The molecule has 1 atom stereocenters. The molecule has 3 heteroatoms. The Hall–Kier alpha value is -1.48. The molecule has 19 heavy (non-hydrogen) atoms. The lowest BCUT2D eigenvalue weighted by molar-refractivity contribution is 0.194. The van der Waals surface area contributed by atoms with Crippen LogP contribution in [0.4, 0.5) is 0 Å². The third-order valence-electron chi connectivity index (χ3n) is 2.84. The highest BCUT2D eigenvalue weighted by molar-refractivity contribution is 5.52. The van der Waals surface area contributed by atoms with Gasteiger partial charge in [0.05, 0.1) is 19.3 Å². The number of aliphatic hydroxyl groups excluding tert-OH is 1. The van der Waals surface area contributed by atoms with Crippen molar-refractivity contribution in [3.8, 4) is 11.5 Å². The van der Waals surface area contributed by atoms with Crippen LogP contribution in [0.25, 0.3) is 0 Å². The molecule has 1 aromatic carbocycles. The summed E-state index contributed by atoms with van der Waals surface area (Å²) in [6.45, 7) is 7.70. The van der Waals surface area contributed by atoms with Crippen LogP contribution in [0.1, 0.15) is 44.9 Å². The quantitative estimate of drug-likeness (QED) is 0.797. The van der Waals surface area contributed by atoms with Crippen molar-refractivity contribution < 1.29 is 14.6 Å². The highest BCUT2D eigenvalue weighted by Crippen LogP contribution is 2.37. The predicted octanol–water partition coefficient (Wildman–Crippen LogP) is 3.65. The highest BCUT2D eigenvalue weighted by Gasteiger charge is 2.18. The van der Waals surface area contributed by atoms with Crippen LogP contribution in [0.5, 0.6) is 11.5 Å². The molecule has 1 N–H and O–H groups in total. The van der Waals surface area contributed by atoms with E-state index in [9.17, 15) is 5.11 Å². The van der Waals surface area contributed by atoms with E-state index in [1.54, 1.807) is 14.0 Å². The Morgan fingerprint density at radius 3 is 2.42 bits per heavy atom. The first kappa shape index (κ1) is 15.6. The van der Waals surface area contributed by atoms with E-state index in [2.05, 4.69) is 0 Å². The molecule has 0 spiro atoms. The second kappa shape index (κ2) is 7.19. The first-order valence-corrected chi connectivity index (χ1v) is 6.66. The van der Waals surface area contributed by atoms with Crippen LogP contribution in [0.2, 0.25) is 0 Å². The lowest BCUT2D eigenvalue weighted by atomic mass is 9.98. The molecule has 0 radical (unpaired) electrons. The number of rotatable bonds is 6. The van der Waals surface area contributed by atoms with E-state index >= 15 is 0 Å². The van der Waals surface area contributed by atoms with Crippen LogP contribution in [0.15, 0.2) is 24.3 Å². The van der Waals surface area contributed by atoms with Crippen LogP contribution in [-0.4, -0.2) is 18.3 Å². The maximum atomic E-state index is 9.91. The minimum Gasteiger partial charge on any atom is -0.493 e. The van der Waals surface area contributed by atoms with E-state index in [0.29, 0.717) is 5.75 Å². The van der Waals surface area contributed by atoms with Gasteiger partial charge in [-0.3, -0.25) is 0 Å². The number of hydrogen-bond donors (Lipinski definition) is 1. The van der Waals surface area contributed by atoms with Gasteiger partial charge in [0, 0.05) is 5.56 Å². The molecule has 106 valence electrons. The van der Waals surface area contributed by atoms with Crippen LogP contribution < -0.4 is 9.47 Å². The molecule has 0 unspecified atom stereocenters. The van der Waals surface area contributed by atoms with Crippen molar-refractivity contribution in [3.63, 3.8) is 0 Å². The Morgan fingerprint density at radius 2 is 1.95 bits per heavy atom. The Morgan fingerprint density at radius 1 is 1.26 bits per heavy atom. The van der Waals surface area contributed by atoms with Crippen LogP contribution >= 0.6 is 0 Å². The van der Waals surface area contributed by atoms with Gasteiger partial charge < -0.3 is 14.6 Å². The molecule has 0 aliphatic heterocycles. The molecule has 0 saturated carbocycles. The molecule has 1 rings (SSSR count). The van der Waals surface area contributed by atoms with Gasteiger partial charge in [-0.2, -0.15) is 0 Å². The fraction of sp³-hybridized carbons (Fsp3) is 0.500. The zero-order valence-corrected chi connectivity index (χ0v) is 12.4. The van der Waals surface area contributed by atoms with E-state index < -0.39 is 6.10 Å². The zero-order valence-electron chi connectivity index (χ0n) is 12.4. The van der Waals surface area contributed by atoms with Gasteiger partial charge in [-0.1, -0.05) is 18.2 Å². The number of ether oxygens (including phenoxy) is 2. The highest BCUT2D eigenvalue weighted by atomic mass is 16.5. The SMILES string of the molecule is C/C=C/Cc1c([C@@H](C)O)ccc(OC)c1OC(C)C. The van der Waals surface area contributed by atoms with Crippen LogP contribution in [-0.2, 0) is 6.42 Å². The summed E-state index contributed by atoms with van der Waals surface area (Å²) in [6, 6.07) is 3.74. The average Bonchev–Trinajstić information content (AvgIpc) is 2.35. The second-order valence-corrected chi connectivity index (χ2v) is 4.78. The minimum absolute atomic E-state index is 0.0579. The number of aliphatic hydroxyl groups is 1. The summed E-state index contributed by atoms with van der Waals surface area (Å²) in [5.41, 5.74) is 1.87. The van der Waals surface area contributed by atoms with Crippen LogP contribution in [0.3, 0.4) is 0 Å². The minimum atomic E-state index is -0.527. The molecule has 0 aliphatic rings. The largest absolute Gasteiger partial charge is 0.493 e. The average molecular weight is 264 g/mol. The van der Waals surface area contributed by atoms with Crippen molar-refractivity contribution in [2.75, 3.05) is 7.11 Å². The van der Waals surface area contributed by atoms with Crippen molar-refractivity contribution in [2.45, 2.75) is 46.3 Å². The van der Waals surface area contributed by atoms with E-state index in [1.807, 2.05) is 45.1 Å². The molecule has 0 amide bonds. The van der Waals surface area contributed by atoms with Gasteiger partial charge in [-0.15, -0.1) is 0 Å². The molecular weight excluding hydrogens is 240 g/mol. The number of benzene rings is 1. The molecule has 0 saturated heterocycles. The van der Waals surface area contributed by atoms with Gasteiger partial charge in [0.1, 0.15) is 0 Å². The van der Waals surface area contributed by atoms with Crippen molar-refractivity contribution >= 4 is 0 Å². The standard InChI is InChI=1S/C16H24O3/c1-6-7-8-14-13(12(4)17)9-10-15(18-5)16(14)19-11(2)3/h6-7,9-12,17H,8H2,1-5H3/b7-6+/t12-/m1/s1. The van der Waals surface area contributed by atoms with Crippen molar-refractivity contribution in [1.82, 2.24) is 0 Å². The molecule has 0 fully saturated rings. The lowest BCUT2D eigenvalue weighted by Gasteiger charge is -2.21. The molecule has 0 aromatic heterocycles. The molecule has 3 nitrogen and oxygen atoms in total. The summed E-state index contributed by atoms with van der Waals surface area (Å²) >= 11 is 0. The summed E-state index contributed by atoms with van der Waals surface area (Å²) in [5, 5.41) is 9.91. The van der Waals surface area contributed by atoms with E-state index in [4.69, 9.17) is 9.47 Å². The number of methoxy groups -OCH3 is 1. The van der Waals surface area contributed by atoms with E-state index in [-0.39, 0.29) is 6.10 Å². The third kappa shape index (κ3) is 4.00.